The molecule has 0 radical (unpaired) electrons. The normalized spacial score (nSPS) is 34.2. The number of likely N-dealkylation sites (tertiary alicyclic amines) is 1. The number of fused-ring (bicyclic) bond motifs is 2. The molecule has 2 fully saturated rings. The van der Waals surface area contributed by atoms with Crippen molar-refractivity contribution in [3.8, 4) is 0 Å². The SMILES string of the molecule is NCN1C[C@H]2CC[C@@H](C1)[C@@H]2c1ccccc1. The van der Waals surface area contributed by atoms with E-state index in [2.05, 4.69) is 35.2 Å². The number of nitrogens with zero attached hydrogens (tertiary/aromatic N) is 1. The van der Waals surface area contributed by atoms with Crippen molar-refractivity contribution < 1.29 is 0 Å². The first kappa shape index (κ1) is 10.3. The van der Waals surface area contributed by atoms with E-state index in [0.717, 1.165) is 24.4 Å². The van der Waals surface area contributed by atoms with E-state index in [0.29, 0.717) is 0 Å². The third-order valence-corrected chi connectivity index (χ3v) is 4.35. The van der Waals surface area contributed by atoms with Gasteiger partial charge in [-0.1, -0.05) is 30.3 Å². The molecule has 0 amide bonds. The van der Waals surface area contributed by atoms with Crippen molar-refractivity contribution in [2.75, 3.05) is 19.8 Å². The van der Waals surface area contributed by atoms with Crippen LogP contribution in [0.15, 0.2) is 30.3 Å². The minimum atomic E-state index is 0.731. The van der Waals surface area contributed by atoms with Crippen LogP contribution in [-0.2, 0) is 0 Å². The Labute approximate surface area is 97.4 Å². The molecular weight excluding hydrogens is 196 g/mol. The Balaban J connectivity index is 1.84. The van der Waals surface area contributed by atoms with E-state index >= 15 is 0 Å². The highest BCUT2D eigenvalue weighted by Crippen LogP contribution is 2.47. The molecule has 1 aliphatic heterocycles. The summed E-state index contributed by atoms with van der Waals surface area (Å²) in [4.78, 5) is 2.42. The smallest absolute Gasteiger partial charge is 0.0455 e. The van der Waals surface area contributed by atoms with Gasteiger partial charge in [-0.2, -0.15) is 0 Å². The Hall–Kier alpha value is -0.860. The van der Waals surface area contributed by atoms with Crippen molar-refractivity contribution in [1.82, 2.24) is 4.90 Å². The van der Waals surface area contributed by atoms with Gasteiger partial charge in [-0.15, -0.1) is 0 Å². The summed E-state index contributed by atoms with van der Waals surface area (Å²) in [6, 6.07) is 11.1. The monoisotopic (exact) mass is 216 g/mol. The first-order valence-corrected chi connectivity index (χ1v) is 6.36. The maximum atomic E-state index is 5.77. The van der Waals surface area contributed by atoms with Crippen LogP contribution in [0.25, 0.3) is 0 Å². The van der Waals surface area contributed by atoms with Gasteiger partial charge in [0.1, 0.15) is 0 Å². The van der Waals surface area contributed by atoms with E-state index in [1.165, 1.54) is 25.9 Å². The van der Waals surface area contributed by atoms with Crippen molar-refractivity contribution in [3.05, 3.63) is 35.9 Å². The number of nitrogens with two attached hydrogens (primary N) is 1. The van der Waals surface area contributed by atoms with Crippen molar-refractivity contribution in [3.63, 3.8) is 0 Å². The molecule has 0 spiro atoms. The molecule has 1 aliphatic carbocycles. The molecule has 1 heterocycles. The molecule has 3 rings (SSSR count). The van der Waals surface area contributed by atoms with E-state index in [4.69, 9.17) is 5.73 Å². The van der Waals surface area contributed by atoms with E-state index in [1.807, 2.05) is 0 Å². The summed E-state index contributed by atoms with van der Waals surface area (Å²) in [5.41, 5.74) is 7.31. The van der Waals surface area contributed by atoms with Gasteiger partial charge in [0.2, 0.25) is 0 Å². The van der Waals surface area contributed by atoms with Crippen LogP contribution in [-0.4, -0.2) is 24.7 Å². The highest BCUT2D eigenvalue weighted by atomic mass is 15.2. The van der Waals surface area contributed by atoms with Gasteiger partial charge in [-0.25, -0.2) is 0 Å². The molecule has 1 saturated heterocycles. The highest BCUT2D eigenvalue weighted by molar-refractivity contribution is 5.24. The Morgan fingerprint density at radius 3 is 2.25 bits per heavy atom. The average molecular weight is 216 g/mol. The molecule has 2 bridgehead atoms. The van der Waals surface area contributed by atoms with E-state index in [9.17, 15) is 0 Å². The lowest BCUT2D eigenvalue weighted by Crippen LogP contribution is -2.43. The molecule has 2 nitrogen and oxygen atoms in total. The molecular formula is C14H20N2. The zero-order valence-electron chi connectivity index (χ0n) is 9.68. The van der Waals surface area contributed by atoms with Crippen molar-refractivity contribution in [2.24, 2.45) is 17.6 Å². The quantitative estimate of drug-likeness (QED) is 0.819. The van der Waals surface area contributed by atoms with Crippen LogP contribution >= 0.6 is 0 Å². The van der Waals surface area contributed by atoms with Crippen molar-refractivity contribution in [2.45, 2.75) is 18.8 Å². The fraction of sp³-hybridized carbons (Fsp3) is 0.571. The zero-order valence-corrected chi connectivity index (χ0v) is 9.68. The van der Waals surface area contributed by atoms with Crippen LogP contribution in [0.4, 0.5) is 0 Å². The second-order valence-electron chi connectivity index (χ2n) is 5.25. The van der Waals surface area contributed by atoms with Gasteiger partial charge in [0.15, 0.2) is 0 Å². The largest absolute Gasteiger partial charge is 0.318 e. The van der Waals surface area contributed by atoms with Gasteiger partial charge in [0.05, 0.1) is 0 Å². The summed E-state index contributed by atoms with van der Waals surface area (Å²) >= 11 is 0. The van der Waals surface area contributed by atoms with Gasteiger partial charge >= 0.3 is 0 Å². The maximum Gasteiger partial charge on any atom is 0.0455 e. The predicted molar refractivity (Wildman–Crippen MR) is 66.0 cm³/mol. The maximum absolute atomic E-state index is 5.77. The molecule has 2 aliphatic rings. The van der Waals surface area contributed by atoms with Crippen LogP contribution in [0.5, 0.6) is 0 Å². The molecule has 16 heavy (non-hydrogen) atoms. The predicted octanol–water partition coefficient (Wildman–Crippen LogP) is 2.03. The number of hydrogen-bond acceptors (Lipinski definition) is 2. The van der Waals surface area contributed by atoms with Crippen LogP contribution in [0.3, 0.4) is 0 Å². The third kappa shape index (κ3) is 1.66. The second-order valence-corrected chi connectivity index (χ2v) is 5.25. The van der Waals surface area contributed by atoms with Crippen molar-refractivity contribution in [1.29, 1.82) is 0 Å². The summed E-state index contributed by atoms with van der Waals surface area (Å²) < 4.78 is 0. The van der Waals surface area contributed by atoms with Crippen LogP contribution in [0.2, 0.25) is 0 Å². The number of rotatable bonds is 2. The van der Waals surface area contributed by atoms with E-state index in [-0.39, 0.29) is 0 Å². The van der Waals surface area contributed by atoms with Gasteiger partial charge < -0.3 is 5.73 Å². The van der Waals surface area contributed by atoms with Gasteiger partial charge in [-0.05, 0) is 36.2 Å². The number of hydrogen-bond donors (Lipinski definition) is 1. The zero-order chi connectivity index (χ0) is 11.0. The van der Waals surface area contributed by atoms with E-state index in [1.54, 1.807) is 5.56 Å². The lowest BCUT2D eigenvalue weighted by Gasteiger charge is -2.37. The molecule has 3 atom stereocenters. The molecule has 86 valence electrons. The molecule has 0 aromatic heterocycles. The third-order valence-electron chi connectivity index (χ3n) is 4.35. The fourth-order valence-corrected chi connectivity index (χ4v) is 3.69. The lowest BCUT2D eigenvalue weighted by atomic mass is 9.80. The molecule has 0 unspecified atom stereocenters. The summed E-state index contributed by atoms with van der Waals surface area (Å²) in [6.07, 6.45) is 2.78. The molecule has 1 aromatic rings. The highest BCUT2D eigenvalue weighted by Gasteiger charge is 2.41. The fourth-order valence-electron chi connectivity index (χ4n) is 3.69. The lowest BCUT2D eigenvalue weighted by molar-refractivity contribution is 0.149. The Morgan fingerprint density at radius 1 is 1.06 bits per heavy atom. The minimum Gasteiger partial charge on any atom is -0.318 e. The summed E-state index contributed by atoms with van der Waals surface area (Å²) in [7, 11) is 0. The average Bonchev–Trinajstić information content (AvgIpc) is 2.61. The number of piperidine rings is 1. The Kier molecular flexibility index (Phi) is 2.70. The summed E-state index contributed by atoms with van der Waals surface area (Å²) in [6.45, 7) is 3.13. The van der Waals surface area contributed by atoms with Gasteiger partial charge in [-0.3, -0.25) is 4.90 Å². The minimum absolute atomic E-state index is 0.731. The molecule has 2 N–H and O–H groups in total. The Bertz CT molecular complexity index is 335. The standard InChI is InChI=1S/C14H20N2/c15-10-16-8-12-6-7-13(9-16)14(12)11-4-2-1-3-5-11/h1-5,12-14H,6-10,15H2/t12-,13+,14-. The van der Waals surface area contributed by atoms with Crippen LogP contribution < -0.4 is 5.73 Å². The first-order chi connectivity index (χ1) is 7.88. The Morgan fingerprint density at radius 2 is 1.69 bits per heavy atom. The molecule has 1 aromatic carbocycles. The molecule has 2 heteroatoms. The first-order valence-electron chi connectivity index (χ1n) is 6.36. The summed E-state index contributed by atoms with van der Waals surface area (Å²) in [5, 5.41) is 0. The second kappa shape index (κ2) is 4.19. The molecule has 1 saturated carbocycles. The van der Waals surface area contributed by atoms with Crippen LogP contribution in [0, 0.1) is 11.8 Å². The van der Waals surface area contributed by atoms with E-state index < -0.39 is 0 Å². The van der Waals surface area contributed by atoms with Gasteiger partial charge in [0.25, 0.3) is 0 Å². The summed E-state index contributed by atoms with van der Waals surface area (Å²) in [5.74, 6) is 2.47. The van der Waals surface area contributed by atoms with Crippen molar-refractivity contribution >= 4 is 0 Å². The van der Waals surface area contributed by atoms with Crippen LogP contribution in [0.1, 0.15) is 24.3 Å². The van der Waals surface area contributed by atoms with Gasteiger partial charge in [0, 0.05) is 19.8 Å². The number of benzene rings is 1. The topological polar surface area (TPSA) is 29.3 Å².